The van der Waals surface area contributed by atoms with Crippen LogP contribution in [0, 0.1) is 17.8 Å². The number of aromatic hydroxyl groups is 1. The van der Waals surface area contributed by atoms with E-state index in [1.807, 2.05) is 0 Å². The van der Waals surface area contributed by atoms with Crippen LogP contribution in [-0.4, -0.2) is 85.5 Å². The lowest BCUT2D eigenvalue weighted by atomic mass is 9.53. The second-order valence-electron chi connectivity index (χ2n) is 11.3. The molecule has 1 unspecified atom stereocenters. The number of aliphatic hydroxyl groups excluding tert-OH is 3. The molecule has 11 nitrogen and oxygen atoms in total. The summed E-state index contributed by atoms with van der Waals surface area (Å²) in [7, 11) is 2.89. The van der Waals surface area contributed by atoms with Crippen molar-refractivity contribution in [2.75, 3.05) is 14.1 Å². The van der Waals surface area contributed by atoms with Crippen LogP contribution < -0.4 is 5.73 Å². The summed E-state index contributed by atoms with van der Waals surface area (Å²) in [6.45, 7) is 0. The minimum Gasteiger partial charge on any atom is -0.508 e. The number of likely N-dealkylation sites (N-methyl/N-ethyl adjacent to an activating group) is 1. The number of amides is 1. The van der Waals surface area contributed by atoms with Gasteiger partial charge in [-0.15, -0.1) is 0 Å². The molecule has 11 heteroatoms. The van der Waals surface area contributed by atoms with Crippen molar-refractivity contribution in [3.8, 4) is 5.75 Å². The molecule has 6 atom stereocenters. The number of hydrogen-bond donors (Lipinski definition) is 6. The first-order chi connectivity index (χ1) is 18.3. The third-order valence-electron chi connectivity index (χ3n) is 9.03. The number of carbonyl (C=O) groups excluding carboxylic acids is 4. The lowest BCUT2D eigenvalue weighted by Gasteiger charge is -2.54. The maximum atomic E-state index is 14.1. The highest BCUT2D eigenvalue weighted by molar-refractivity contribution is 6.24. The molecular weight excluding hydrogens is 508 g/mol. The largest absolute Gasteiger partial charge is 0.508 e. The van der Waals surface area contributed by atoms with Crippen molar-refractivity contribution in [2.24, 2.45) is 23.5 Å². The van der Waals surface area contributed by atoms with Crippen LogP contribution in [0.15, 0.2) is 35.1 Å². The fourth-order valence-electron chi connectivity index (χ4n) is 7.27. The van der Waals surface area contributed by atoms with Crippen molar-refractivity contribution in [1.82, 2.24) is 4.90 Å². The number of benzene rings is 1. The van der Waals surface area contributed by atoms with Gasteiger partial charge < -0.3 is 31.3 Å². The Morgan fingerprint density at radius 3 is 2.33 bits per heavy atom. The van der Waals surface area contributed by atoms with Gasteiger partial charge in [-0.1, -0.05) is 25.0 Å². The summed E-state index contributed by atoms with van der Waals surface area (Å²) in [4.78, 5) is 54.3. The van der Waals surface area contributed by atoms with Crippen LogP contribution in [0.4, 0.5) is 0 Å². The van der Waals surface area contributed by atoms with Crippen LogP contribution in [0.5, 0.6) is 5.75 Å². The third kappa shape index (κ3) is 3.67. The predicted octanol–water partition coefficient (Wildman–Crippen LogP) is 0.625. The molecule has 1 aromatic carbocycles. The van der Waals surface area contributed by atoms with E-state index in [9.17, 15) is 44.7 Å². The first-order valence-electron chi connectivity index (χ1n) is 13.0. The summed E-state index contributed by atoms with van der Waals surface area (Å²) in [5, 5.41) is 56.6. The topological polar surface area (TPSA) is 199 Å². The average Bonchev–Trinajstić information content (AvgIpc) is 3.40. The lowest BCUT2D eigenvalue weighted by molar-refractivity contribution is -0.170. The van der Waals surface area contributed by atoms with Crippen LogP contribution in [0.3, 0.4) is 0 Å². The third-order valence-corrected chi connectivity index (χ3v) is 9.03. The van der Waals surface area contributed by atoms with E-state index in [2.05, 4.69) is 0 Å². The highest BCUT2D eigenvalue weighted by Crippen LogP contribution is 2.57. The van der Waals surface area contributed by atoms with E-state index in [0.29, 0.717) is 18.4 Å². The van der Waals surface area contributed by atoms with Crippen molar-refractivity contribution < 1.29 is 44.7 Å². The van der Waals surface area contributed by atoms with Crippen LogP contribution in [0.2, 0.25) is 0 Å². The molecule has 208 valence electrons. The normalized spacial score (nSPS) is 32.8. The van der Waals surface area contributed by atoms with Crippen LogP contribution in [0.1, 0.15) is 49.1 Å². The summed E-state index contributed by atoms with van der Waals surface area (Å²) < 4.78 is 0. The average molecular weight is 541 g/mol. The molecule has 0 aromatic heterocycles. The van der Waals surface area contributed by atoms with Gasteiger partial charge in [-0.05, 0) is 38.6 Å². The van der Waals surface area contributed by atoms with Crippen LogP contribution in [-0.2, 0) is 19.2 Å². The lowest BCUT2D eigenvalue weighted by Crippen LogP contribution is -2.70. The van der Waals surface area contributed by atoms with E-state index in [1.165, 1.54) is 31.1 Å². The van der Waals surface area contributed by atoms with E-state index >= 15 is 0 Å². The Morgan fingerprint density at radius 2 is 1.74 bits per heavy atom. The fourth-order valence-corrected chi connectivity index (χ4v) is 7.27. The van der Waals surface area contributed by atoms with E-state index in [-0.39, 0.29) is 29.4 Å². The number of Topliss-reactive ketones (excluding diaryl/α,β-unsaturated/α-hetero) is 3. The number of nitrogens with zero attached hydrogens (tertiary/aromatic N) is 1. The van der Waals surface area contributed by atoms with E-state index < -0.39 is 75.6 Å². The highest BCUT2D eigenvalue weighted by Gasteiger charge is 2.68. The minimum atomic E-state index is -2.99. The van der Waals surface area contributed by atoms with Crippen molar-refractivity contribution >= 4 is 29.0 Å². The van der Waals surface area contributed by atoms with Gasteiger partial charge >= 0.3 is 0 Å². The van der Waals surface area contributed by atoms with Crippen LogP contribution >= 0.6 is 0 Å². The maximum Gasteiger partial charge on any atom is 0.255 e. The number of aliphatic hydroxyl groups is 4. The van der Waals surface area contributed by atoms with Gasteiger partial charge in [0, 0.05) is 29.7 Å². The number of phenolic OH excluding ortho intramolecular Hbond substituents is 1. The molecule has 39 heavy (non-hydrogen) atoms. The quantitative estimate of drug-likeness (QED) is 0.288. The monoisotopic (exact) mass is 540 g/mol. The van der Waals surface area contributed by atoms with Crippen molar-refractivity contribution in [2.45, 2.75) is 55.8 Å². The molecule has 5 rings (SSSR count). The Morgan fingerprint density at radius 1 is 1.10 bits per heavy atom. The van der Waals surface area contributed by atoms with Gasteiger partial charge in [-0.3, -0.25) is 24.1 Å². The van der Waals surface area contributed by atoms with Gasteiger partial charge in [0.2, 0.25) is 5.78 Å². The number of phenols is 1. The van der Waals surface area contributed by atoms with E-state index in [0.717, 1.165) is 12.8 Å². The minimum absolute atomic E-state index is 0.0874. The first kappa shape index (κ1) is 27.0. The predicted molar refractivity (Wildman–Crippen MR) is 136 cm³/mol. The maximum absolute atomic E-state index is 14.1. The van der Waals surface area contributed by atoms with Crippen molar-refractivity contribution in [3.63, 3.8) is 0 Å². The zero-order valence-electron chi connectivity index (χ0n) is 21.6. The number of nitrogens with two attached hydrogens (primary N) is 1. The van der Waals surface area contributed by atoms with Gasteiger partial charge in [0.05, 0.1) is 23.6 Å². The first-order valence-corrected chi connectivity index (χ1v) is 13.0. The molecule has 0 radical (unpaired) electrons. The van der Waals surface area contributed by atoms with Crippen molar-refractivity contribution in [3.05, 3.63) is 46.2 Å². The Hall–Kier alpha value is -3.54. The van der Waals surface area contributed by atoms with Gasteiger partial charge in [0.25, 0.3) is 5.91 Å². The van der Waals surface area contributed by atoms with Crippen LogP contribution in [0.25, 0.3) is 5.76 Å². The molecule has 1 aromatic rings. The smallest absolute Gasteiger partial charge is 0.255 e. The number of ketones is 3. The number of rotatable bonds is 5. The standard InChI is InChI=1S/C28H32N2O9/c1-30(2)21-20-23(34)17-13(10-15(32)11-6-3-4-7-11)12-8-5-9-14(31)16(12)22(33)18(17)25(36)28(20,39)26(37)19(24(21)35)27(29)38/h5,8-9,11,13,17,20-21,23,31,33-34,37,39H,3-4,6-7,10H2,1-2H3,(H2,29,38)/t13-,17+,20+,21?,23-,28-/m0/s1. The molecule has 2 saturated carbocycles. The molecule has 0 aliphatic heterocycles. The number of fused-ring (bicyclic) bond motifs is 3. The Labute approximate surface area is 224 Å². The Balaban J connectivity index is 1.75. The summed E-state index contributed by atoms with van der Waals surface area (Å²) in [5.74, 6) is -10.1. The molecule has 4 aliphatic carbocycles. The molecule has 7 N–H and O–H groups in total. The highest BCUT2D eigenvalue weighted by atomic mass is 16.4. The molecule has 1 amide bonds. The Kier molecular flexibility index (Phi) is 6.44. The summed E-state index contributed by atoms with van der Waals surface area (Å²) in [6.07, 6.45) is 1.39. The summed E-state index contributed by atoms with van der Waals surface area (Å²) in [6, 6.07) is 2.95. The number of carbonyl (C=O) groups is 4. The molecular formula is C28H32N2O9. The van der Waals surface area contributed by atoms with Gasteiger partial charge in [-0.2, -0.15) is 0 Å². The number of primary amides is 1. The molecule has 0 bridgehead atoms. The molecule has 0 spiro atoms. The van der Waals surface area contributed by atoms with Gasteiger partial charge in [0.1, 0.15) is 28.6 Å². The second kappa shape index (κ2) is 9.29. The zero-order chi connectivity index (χ0) is 28.5. The zero-order valence-corrected chi connectivity index (χ0v) is 21.6. The fraction of sp³-hybridized carbons (Fsp3) is 0.500. The second-order valence-corrected chi connectivity index (χ2v) is 11.3. The summed E-state index contributed by atoms with van der Waals surface area (Å²) >= 11 is 0. The molecule has 2 fully saturated rings. The molecule has 0 saturated heterocycles. The molecule has 4 aliphatic rings. The van der Waals surface area contributed by atoms with Crippen molar-refractivity contribution in [1.29, 1.82) is 0 Å². The van der Waals surface area contributed by atoms with E-state index in [4.69, 9.17) is 5.73 Å². The Bertz CT molecular complexity index is 1360. The molecule has 0 heterocycles. The SMILES string of the molecule is CN(C)C1C(=O)C(C(N)=O)=C(O)[C@@]2(O)C(=O)C3=C(O)c4c(O)cccc4[C@H](CC(=O)C4CCCC4)[C@H]3[C@H](O)[C@@H]12. The number of hydrogen-bond acceptors (Lipinski definition) is 10. The van der Waals surface area contributed by atoms with E-state index in [1.54, 1.807) is 6.07 Å². The summed E-state index contributed by atoms with van der Waals surface area (Å²) in [5.41, 5.74) is 1.09. The van der Waals surface area contributed by atoms with Gasteiger partial charge in [0.15, 0.2) is 11.4 Å². The van der Waals surface area contributed by atoms with Gasteiger partial charge in [-0.25, -0.2) is 0 Å².